The molecule has 0 atom stereocenters. The van der Waals surface area contributed by atoms with Crippen molar-refractivity contribution in [3.8, 4) is 0 Å². The van der Waals surface area contributed by atoms with Gasteiger partial charge in [0.25, 0.3) is 5.91 Å². The quantitative estimate of drug-likeness (QED) is 0.251. The lowest BCUT2D eigenvalue weighted by atomic mass is 10.1. The molecule has 1 saturated heterocycles. The Morgan fingerprint density at radius 3 is 2.29 bits per heavy atom. The third-order valence-electron chi connectivity index (χ3n) is 6.67. The van der Waals surface area contributed by atoms with Crippen molar-refractivity contribution >= 4 is 40.4 Å². The minimum Gasteiger partial charge on any atom is -0.353 e. The molecule has 1 aliphatic rings. The number of hydrogen-bond donors (Lipinski definition) is 2. The van der Waals surface area contributed by atoms with Crippen LogP contribution in [0.15, 0.2) is 90.0 Å². The zero-order valence-corrected chi connectivity index (χ0v) is 21.9. The lowest BCUT2D eigenvalue weighted by Crippen LogP contribution is -2.49. The maximum atomic E-state index is 12.8. The smallest absolute Gasteiger partial charge is 0.353 e. The monoisotopic (exact) mass is 560 g/mol. The molecule has 41 heavy (non-hydrogen) atoms. The Morgan fingerprint density at radius 1 is 0.902 bits per heavy atom. The Bertz CT molecular complexity index is 1550. The highest BCUT2D eigenvalue weighted by atomic mass is 19.4. The Morgan fingerprint density at radius 2 is 1.59 bits per heavy atom. The summed E-state index contributed by atoms with van der Waals surface area (Å²) in [6.45, 7) is 2.46. The van der Waals surface area contributed by atoms with Gasteiger partial charge in [0, 0.05) is 48.4 Å². The summed E-state index contributed by atoms with van der Waals surface area (Å²) in [6.07, 6.45) is -2.84. The predicted molar refractivity (Wildman–Crippen MR) is 152 cm³/mol. The second-order valence-electron chi connectivity index (χ2n) is 9.55. The van der Waals surface area contributed by atoms with Gasteiger partial charge in [0.05, 0.1) is 23.8 Å². The van der Waals surface area contributed by atoms with Crippen LogP contribution in [0.4, 0.5) is 24.7 Å². The number of nitrogens with one attached hydrogen (secondary N) is 2. The molecule has 2 heterocycles. The van der Waals surface area contributed by atoms with Crippen LogP contribution in [0.25, 0.3) is 10.9 Å². The summed E-state index contributed by atoms with van der Waals surface area (Å²) < 4.78 is 38.3. The third-order valence-corrected chi connectivity index (χ3v) is 6.67. The molecule has 2 amide bonds. The molecule has 4 aromatic rings. The first kappa shape index (κ1) is 27.8. The predicted octanol–water partition coefficient (Wildman–Crippen LogP) is 4.78. The van der Waals surface area contributed by atoms with Crippen LogP contribution in [0.3, 0.4) is 0 Å². The van der Waals surface area contributed by atoms with Crippen molar-refractivity contribution in [3.05, 3.63) is 102 Å². The molecule has 1 aromatic heterocycles. The topological polar surface area (TPSA) is 89.9 Å². The molecule has 1 aliphatic heterocycles. The highest BCUT2D eigenvalue weighted by molar-refractivity contribution is 5.97. The van der Waals surface area contributed by atoms with Crippen LogP contribution >= 0.6 is 0 Å². The molecule has 3 aromatic carbocycles. The maximum Gasteiger partial charge on any atom is 0.416 e. The van der Waals surface area contributed by atoms with Gasteiger partial charge in [-0.15, -0.1) is 0 Å². The highest BCUT2D eigenvalue weighted by Gasteiger charge is 2.30. The van der Waals surface area contributed by atoms with Gasteiger partial charge in [-0.1, -0.05) is 36.4 Å². The van der Waals surface area contributed by atoms with E-state index in [9.17, 15) is 22.8 Å². The van der Waals surface area contributed by atoms with E-state index in [-0.39, 0.29) is 18.4 Å². The normalized spacial score (nSPS) is 14.4. The fraction of sp³-hybridized carbons (Fsp3) is 0.200. The van der Waals surface area contributed by atoms with E-state index >= 15 is 0 Å². The van der Waals surface area contributed by atoms with Crippen LogP contribution < -0.4 is 15.6 Å². The molecular weight excluding hydrogens is 533 g/mol. The second-order valence-corrected chi connectivity index (χ2v) is 9.55. The number of aromatic nitrogens is 1. The van der Waals surface area contributed by atoms with Gasteiger partial charge in [0.2, 0.25) is 5.91 Å². The van der Waals surface area contributed by atoms with Crippen molar-refractivity contribution in [1.29, 1.82) is 0 Å². The number of carbonyl (C=O) groups excluding carboxylic acids is 2. The number of rotatable bonds is 7. The molecule has 0 unspecified atom stereocenters. The summed E-state index contributed by atoms with van der Waals surface area (Å²) in [6, 6.07) is 22.9. The number of carbonyl (C=O) groups is 2. The number of nitrogens with zero attached hydrogens (tertiary/aromatic N) is 4. The van der Waals surface area contributed by atoms with Crippen molar-refractivity contribution in [3.63, 3.8) is 0 Å². The summed E-state index contributed by atoms with van der Waals surface area (Å²) in [5.74, 6) is 0.0969. The SMILES string of the molecule is O=C(CN1CCN(c2nc3ccccc3cc2/C=N/NC(=O)c2ccccc2)CC1)Nc1ccc(C(F)(F)F)cc1. The Balaban J connectivity index is 1.22. The summed E-state index contributed by atoms with van der Waals surface area (Å²) in [7, 11) is 0. The zero-order valence-electron chi connectivity index (χ0n) is 21.9. The first-order valence-electron chi connectivity index (χ1n) is 13.0. The van der Waals surface area contributed by atoms with E-state index < -0.39 is 11.7 Å². The lowest BCUT2D eigenvalue weighted by molar-refractivity contribution is -0.137. The zero-order chi connectivity index (χ0) is 28.8. The Kier molecular flexibility index (Phi) is 8.25. The number of halogens is 3. The van der Waals surface area contributed by atoms with Crippen molar-refractivity contribution in [2.45, 2.75) is 6.18 Å². The Labute approximate surface area is 234 Å². The van der Waals surface area contributed by atoms with Gasteiger partial charge in [-0.25, -0.2) is 10.4 Å². The molecule has 1 fully saturated rings. The van der Waals surface area contributed by atoms with Crippen LogP contribution in [-0.4, -0.2) is 60.6 Å². The van der Waals surface area contributed by atoms with Crippen LogP contribution in [0.2, 0.25) is 0 Å². The molecule has 0 bridgehead atoms. The molecule has 2 N–H and O–H groups in total. The number of piperazine rings is 1. The number of anilines is 2. The second kappa shape index (κ2) is 12.2. The fourth-order valence-electron chi connectivity index (χ4n) is 4.55. The molecule has 0 radical (unpaired) electrons. The van der Waals surface area contributed by atoms with Gasteiger partial charge in [-0.3, -0.25) is 14.5 Å². The third kappa shape index (κ3) is 7.06. The number of hydrogen-bond acceptors (Lipinski definition) is 6. The Hall–Kier alpha value is -4.77. The maximum absolute atomic E-state index is 12.8. The van der Waals surface area contributed by atoms with Gasteiger partial charge in [-0.05, 0) is 48.5 Å². The van der Waals surface area contributed by atoms with Gasteiger partial charge in [0.1, 0.15) is 5.82 Å². The van der Waals surface area contributed by atoms with Gasteiger partial charge >= 0.3 is 6.18 Å². The number of benzene rings is 3. The molecule has 0 saturated carbocycles. The largest absolute Gasteiger partial charge is 0.416 e. The van der Waals surface area contributed by atoms with E-state index in [2.05, 4.69) is 20.7 Å². The molecule has 210 valence electrons. The standard InChI is InChI=1S/C30H27F3N6O2/c31-30(32,33)24-10-12-25(13-11-24)35-27(40)20-38-14-16-39(17-15-38)28-23(18-22-8-4-5-9-26(22)36-28)19-34-37-29(41)21-6-2-1-3-7-21/h1-13,18-19H,14-17,20H2,(H,35,40)(H,37,41)/b34-19+. The van der Waals surface area contributed by atoms with E-state index in [0.717, 1.165) is 34.4 Å². The average molecular weight is 561 g/mol. The summed E-state index contributed by atoms with van der Waals surface area (Å²) in [5, 5.41) is 7.77. The van der Waals surface area contributed by atoms with E-state index in [0.29, 0.717) is 37.4 Å². The van der Waals surface area contributed by atoms with Crippen molar-refractivity contribution in [2.75, 3.05) is 42.9 Å². The van der Waals surface area contributed by atoms with Crippen LogP contribution in [0.1, 0.15) is 21.5 Å². The van der Waals surface area contributed by atoms with Crippen LogP contribution in [-0.2, 0) is 11.0 Å². The van der Waals surface area contributed by atoms with Crippen molar-refractivity contribution in [1.82, 2.24) is 15.3 Å². The van der Waals surface area contributed by atoms with E-state index in [1.165, 1.54) is 12.1 Å². The van der Waals surface area contributed by atoms with Gasteiger partial charge in [0.15, 0.2) is 0 Å². The molecule has 0 aliphatic carbocycles. The minimum atomic E-state index is -4.43. The van der Waals surface area contributed by atoms with Crippen LogP contribution in [0, 0.1) is 0 Å². The minimum absolute atomic E-state index is 0.111. The number of alkyl halides is 3. The molecule has 11 heteroatoms. The number of amides is 2. The van der Waals surface area contributed by atoms with E-state index in [4.69, 9.17) is 4.98 Å². The van der Waals surface area contributed by atoms with Gasteiger partial charge in [-0.2, -0.15) is 18.3 Å². The fourth-order valence-corrected chi connectivity index (χ4v) is 4.55. The summed E-state index contributed by atoms with van der Waals surface area (Å²) in [4.78, 5) is 33.9. The molecule has 5 rings (SSSR count). The molecular formula is C30H27F3N6O2. The highest BCUT2D eigenvalue weighted by Crippen LogP contribution is 2.30. The number of pyridine rings is 1. The lowest BCUT2D eigenvalue weighted by Gasteiger charge is -2.35. The summed E-state index contributed by atoms with van der Waals surface area (Å²) in [5.41, 5.74) is 4.17. The van der Waals surface area contributed by atoms with Gasteiger partial charge < -0.3 is 10.2 Å². The van der Waals surface area contributed by atoms with E-state index in [1.807, 2.05) is 41.3 Å². The van der Waals surface area contributed by atoms with Crippen molar-refractivity contribution < 1.29 is 22.8 Å². The number of hydrazone groups is 1. The first-order chi connectivity index (χ1) is 19.8. The van der Waals surface area contributed by atoms with Crippen LogP contribution in [0.5, 0.6) is 0 Å². The summed E-state index contributed by atoms with van der Waals surface area (Å²) >= 11 is 0. The van der Waals surface area contributed by atoms with Crippen molar-refractivity contribution in [2.24, 2.45) is 5.10 Å². The molecule has 8 nitrogen and oxygen atoms in total. The first-order valence-corrected chi connectivity index (χ1v) is 13.0. The number of fused-ring (bicyclic) bond motifs is 1. The van der Waals surface area contributed by atoms with E-state index in [1.54, 1.807) is 30.5 Å². The average Bonchev–Trinajstić information content (AvgIpc) is 2.97. The molecule has 0 spiro atoms. The number of para-hydroxylation sites is 1.